The monoisotopic (exact) mass is 155 g/mol. The Morgan fingerprint density at radius 2 is 2.45 bits per heavy atom. The Labute approximate surface area is 66.9 Å². The Morgan fingerprint density at radius 3 is 2.91 bits per heavy atom. The van der Waals surface area contributed by atoms with Gasteiger partial charge in [0, 0.05) is 12.5 Å². The zero-order valence-electron chi connectivity index (χ0n) is 6.67. The van der Waals surface area contributed by atoms with Crippen molar-refractivity contribution in [2.45, 2.75) is 25.8 Å². The number of esters is 1. The molecule has 0 aliphatic carbocycles. The first-order valence-electron chi connectivity index (χ1n) is 3.55. The molecule has 0 fully saturated rings. The molecule has 0 saturated carbocycles. The summed E-state index contributed by atoms with van der Waals surface area (Å²) < 4.78 is 4.67. The summed E-state index contributed by atoms with van der Waals surface area (Å²) in [6.07, 6.45) is 5.62. The van der Waals surface area contributed by atoms with Crippen molar-refractivity contribution in [1.82, 2.24) is 0 Å². The van der Waals surface area contributed by atoms with Gasteiger partial charge < -0.3 is 10.5 Å². The Bertz CT molecular complexity index is 160. The van der Waals surface area contributed by atoms with Crippen LogP contribution in [0.3, 0.4) is 0 Å². The average Bonchev–Trinajstić information content (AvgIpc) is 1.87. The highest BCUT2D eigenvalue weighted by Gasteiger charge is 2.07. The highest BCUT2D eigenvalue weighted by atomic mass is 16.5. The van der Waals surface area contributed by atoms with Crippen molar-refractivity contribution in [3.8, 4) is 12.3 Å². The Kier molecular flexibility index (Phi) is 5.22. The number of hydrogen-bond donors (Lipinski definition) is 1. The summed E-state index contributed by atoms with van der Waals surface area (Å²) in [6, 6.07) is -0.265. The average molecular weight is 155 g/mol. The lowest BCUT2D eigenvalue weighted by Crippen LogP contribution is -2.24. The molecule has 0 saturated heterocycles. The van der Waals surface area contributed by atoms with Crippen molar-refractivity contribution in [3.63, 3.8) is 0 Å². The first-order chi connectivity index (χ1) is 5.20. The van der Waals surface area contributed by atoms with E-state index >= 15 is 0 Å². The summed E-state index contributed by atoms with van der Waals surface area (Å²) >= 11 is 0. The van der Waals surface area contributed by atoms with Gasteiger partial charge in [0.05, 0.1) is 13.0 Å². The fourth-order valence-corrected chi connectivity index (χ4v) is 0.658. The van der Waals surface area contributed by atoms with Gasteiger partial charge in [-0.15, -0.1) is 12.3 Å². The van der Waals surface area contributed by atoms with Crippen LogP contribution in [0, 0.1) is 12.3 Å². The van der Waals surface area contributed by atoms with Crippen LogP contribution in [-0.4, -0.2) is 18.6 Å². The molecular weight excluding hydrogens is 142 g/mol. The summed E-state index contributed by atoms with van der Waals surface area (Å²) in [5.41, 5.74) is 5.47. The van der Waals surface area contributed by atoms with Crippen molar-refractivity contribution in [3.05, 3.63) is 0 Å². The first-order valence-corrected chi connectivity index (χ1v) is 3.55. The third kappa shape index (κ3) is 5.43. The lowest BCUT2D eigenvalue weighted by molar-refractivity contribution is -0.143. The van der Waals surface area contributed by atoms with Gasteiger partial charge in [-0.1, -0.05) is 0 Å². The van der Waals surface area contributed by atoms with Crippen molar-refractivity contribution in [1.29, 1.82) is 0 Å². The fourth-order valence-electron chi connectivity index (χ4n) is 0.658. The standard InChI is InChI=1S/C8H13NO2/c1-3-5-7(9)6-8(10)11-4-2/h1,7H,4-6,9H2,2H3/t7-/m0/s1. The molecule has 1 atom stereocenters. The molecular formula is C8H13NO2. The molecule has 0 radical (unpaired) electrons. The summed E-state index contributed by atoms with van der Waals surface area (Å²) in [6.45, 7) is 2.15. The number of carbonyl (C=O) groups excluding carboxylic acids is 1. The molecule has 0 rings (SSSR count). The van der Waals surface area contributed by atoms with Crippen LogP contribution < -0.4 is 5.73 Å². The van der Waals surface area contributed by atoms with Gasteiger partial charge in [0.25, 0.3) is 0 Å². The minimum Gasteiger partial charge on any atom is -0.466 e. The Balaban J connectivity index is 3.50. The zero-order chi connectivity index (χ0) is 8.69. The molecule has 0 bridgehead atoms. The van der Waals surface area contributed by atoms with Crippen molar-refractivity contribution >= 4 is 5.97 Å². The van der Waals surface area contributed by atoms with E-state index in [1.807, 2.05) is 0 Å². The topological polar surface area (TPSA) is 52.3 Å². The molecule has 0 spiro atoms. The minimum atomic E-state index is -0.282. The number of hydrogen-bond acceptors (Lipinski definition) is 3. The van der Waals surface area contributed by atoms with Crippen LogP contribution in [0.4, 0.5) is 0 Å². The van der Waals surface area contributed by atoms with E-state index in [1.165, 1.54) is 0 Å². The number of nitrogens with two attached hydrogens (primary N) is 1. The van der Waals surface area contributed by atoms with Crippen LogP contribution >= 0.6 is 0 Å². The molecule has 0 aliphatic rings. The SMILES string of the molecule is C#CC[C@H](N)CC(=O)OCC. The highest BCUT2D eigenvalue weighted by molar-refractivity contribution is 5.70. The smallest absolute Gasteiger partial charge is 0.307 e. The number of terminal acetylenes is 1. The lowest BCUT2D eigenvalue weighted by Gasteiger charge is -2.05. The van der Waals surface area contributed by atoms with Crippen molar-refractivity contribution < 1.29 is 9.53 Å². The summed E-state index contributed by atoms with van der Waals surface area (Å²) in [7, 11) is 0. The van der Waals surface area contributed by atoms with E-state index in [2.05, 4.69) is 10.7 Å². The van der Waals surface area contributed by atoms with Crippen LogP contribution in [0.15, 0.2) is 0 Å². The molecule has 3 nitrogen and oxygen atoms in total. The molecule has 0 heterocycles. The second-order valence-electron chi connectivity index (χ2n) is 2.18. The minimum absolute atomic E-state index is 0.206. The molecule has 2 N–H and O–H groups in total. The largest absolute Gasteiger partial charge is 0.466 e. The van der Waals surface area contributed by atoms with Crippen molar-refractivity contribution in [2.75, 3.05) is 6.61 Å². The van der Waals surface area contributed by atoms with Crippen molar-refractivity contribution in [2.24, 2.45) is 5.73 Å². The van der Waals surface area contributed by atoms with E-state index < -0.39 is 0 Å². The van der Waals surface area contributed by atoms with E-state index in [-0.39, 0.29) is 18.4 Å². The quantitative estimate of drug-likeness (QED) is 0.469. The van der Waals surface area contributed by atoms with E-state index in [4.69, 9.17) is 12.2 Å². The predicted octanol–water partition coefficient (Wildman–Crippen LogP) is 0.290. The molecule has 3 heteroatoms. The van der Waals surface area contributed by atoms with Gasteiger partial charge >= 0.3 is 5.97 Å². The van der Waals surface area contributed by atoms with E-state index in [0.717, 1.165) is 0 Å². The Hall–Kier alpha value is -1.01. The molecule has 0 amide bonds. The van der Waals surface area contributed by atoms with Gasteiger partial charge in [-0.25, -0.2) is 0 Å². The first kappa shape index (κ1) is 9.99. The molecule has 0 aromatic carbocycles. The fraction of sp³-hybridized carbons (Fsp3) is 0.625. The van der Waals surface area contributed by atoms with Crippen LogP contribution in [0.25, 0.3) is 0 Å². The molecule has 0 aromatic rings. The third-order valence-corrected chi connectivity index (χ3v) is 1.11. The Morgan fingerprint density at radius 1 is 1.82 bits per heavy atom. The molecule has 0 aliphatic heterocycles. The molecule has 0 unspecified atom stereocenters. The normalized spacial score (nSPS) is 11.7. The number of rotatable bonds is 4. The highest BCUT2D eigenvalue weighted by Crippen LogP contribution is 1.95. The zero-order valence-corrected chi connectivity index (χ0v) is 6.67. The van der Waals surface area contributed by atoms with Crippen LogP contribution in [-0.2, 0) is 9.53 Å². The summed E-state index contributed by atoms with van der Waals surface area (Å²) in [5, 5.41) is 0. The van der Waals surface area contributed by atoms with Gasteiger partial charge in [-0.05, 0) is 6.92 Å². The molecule has 11 heavy (non-hydrogen) atoms. The maximum atomic E-state index is 10.8. The summed E-state index contributed by atoms with van der Waals surface area (Å²) in [4.78, 5) is 10.8. The molecule has 62 valence electrons. The van der Waals surface area contributed by atoms with Gasteiger partial charge in [-0.2, -0.15) is 0 Å². The van der Waals surface area contributed by atoms with Gasteiger partial charge in [0.1, 0.15) is 0 Å². The summed E-state index contributed by atoms with van der Waals surface area (Å²) in [5.74, 6) is 2.10. The number of carbonyl (C=O) groups is 1. The van der Waals surface area contributed by atoms with Crippen LogP contribution in [0.2, 0.25) is 0 Å². The second kappa shape index (κ2) is 5.75. The van der Waals surface area contributed by atoms with Crippen LogP contribution in [0.1, 0.15) is 19.8 Å². The van der Waals surface area contributed by atoms with Gasteiger partial charge in [-0.3, -0.25) is 4.79 Å². The van der Waals surface area contributed by atoms with Gasteiger partial charge in [0.2, 0.25) is 0 Å². The van der Waals surface area contributed by atoms with E-state index in [0.29, 0.717) is 13.0 Å². The maximum absolute atomic E-state index is 10.8. The second-order valence-corrected chi connectivity index (χ2v) is 2.18. The van der Waals surface area contributed by atoms with E-state index in [9.17, 15) is 4.79 Å². The maximum Gasteiger partial charge on any atom is 0.307 e. The van der Waals surface area contributed by atoms with Crippen LogP contribution in [0.5, 0.6) is 0 Å². The third-order valence-electron chi connectivity index (χ3n) is 1.11. The molecule has 0 aromatic heterocycles. The predicted molar refractivity (Wildman–Crippen MR) is 42.7 cm³/mol. The number of ether oxygens (including phenoxy) is 1. The lowest BCUT2D eigenvalue weighted by atomic mass is 10.2. The van der Waals surface area contributed by atoms with E-state index in [1.54, 1.807) is 6.92 Å². The van der Waals surface area contributed by atoms with Gasteiger partial charge in [0.15, 0.2) is 0 Å².